The van der Waals surface area contributed by atoms with Gasteiger partial charge in [0.05, 0.1) is 0 Å². The van der Waals surface area contributed by atoms with Crippen LogP contribution in [0.15, 0.2) is 24.4 Å². The average Bonchev–Trinajstić information content (AvgIpc) is 2.65. The molecule has 0 bridgehead atoms. The minimum atomic E-state index is -8.09. The van der Waals surface area contributed by atoms with Crippen LogP contribution in [0.1, 0.15) is 0 Å². The van der Waals surface area contributed by atoms with Crippen LogP contribution < -0.4 is 4.74 Å². The Morgan fingerprint density at radius 3 is 1.50 bits per heavy atom. The number of carbonyl (C=O) groups is 1. The minimum Gasteiger partial charge on any atom is -0.403 e. The van der Waals surface area contributed by atoms with E-state index in [1.807, 2.05) is 4.74 Å². The molecule has 1 heterocycles. The van der Waals surface area contributed by atoms with E-state index in [-0.39, 0.29) is 0 Å². The number of ether oxygens (including phenoxy) is 3. The molecule has 36 heavy (non-hydrogen) atoms. The van der Waals surface area contributed by atoms with E-state index < -0.39 is 60.2 Å². The Bertz CT molecular complexity index is 928. The summed E-state index contributed by atoms with van der Waals surface area (Å²) in [5.74, 6) is -28.1. The maximum absolute atomic E-state index is 14.2. The monoisotopic (exact) mass is 573 g/mol. The van der Waals surface area contributed by atoms with E-state index in [1.165, 1.54) is 4.74 Å². The molecule has 208 valence electrons. The number of pyridine rings is 1. The third kappa shape index (κ3) is 5.52. The summed E-state index contributed by atoms with van der Waals surface area (Å²) in [4.78, 5) is 14.3. The Hall–Kier alpha value is -2.65. The van der Waals surface area contributed by atoms with E-state index in [2.05, 4.69) is 9.72 Å². The molecule has 22 heteroatoms. The van der Waals surface area contributed by atoms with Gasteiger partial charge in [-0.25, -0.2) is 9.78 Å². The van der Waals surface area contributed by atoms with Crippen molar-refractivity contribution >= 4 is 5.97 Å². The number of carbonyl (C=O) groups excluding carboxylic acids is 1. The fraction of sp³-hybridized carbons (Fsp3) is 0.571. The van der Waals surface area contributed by atoms with Crippen LogP contribution in [0.3, 0.4) is 0 Å². The maximum Gasteiger partial charge on any atom is 0.462 e. The fourth-order valence-electron chi connectivity index (χ4n) is 1.71. The normalized spacial score (nSPS) is 17.8. The van der Waals surface area contributed by atoms with Gasteiger partial charge in [-0.3, -0.25) is 9.47 Å². The van der Waals surface area contributed by atoms with Crippen LogP contribution in [0.25, 0.3) is 0 Å². The average molecular weight is 573 g/mol. The van der Waals surface area contributed by atoms with Crippen molar-refractivity contribution < 1.29 is 93.6 Å². The number of halogens is 17. The zero-order valence-corrected chi connectivity index (χ0v) is 15.8. The predicted molar refractivity (Wildman–Crippen MR) is 72.7 cm³/mol. The highest BCUT2D eigenvalue weighted by Crippen LogP contribution is 2.56. The van der Waals surface area contributed by atoms with Crippen molar-refractivity contribution in [1.29, 1.82) is 0 Å². The lowest BCUT2D eigenvalue weighted by atomic mass is 10.2. The second kappa shape index (κ2) is 9.03. The van der Waals surface area contributed by atoms with Crippen molar-refractivity contribution in [2.75, 3.05) is 0 Å². The summed E-state index contributed by atoms with van der Waals surface area (Å²) in [5, 5.41) is 0. The Morgan fingerprint density at radius 2 is 1.14 bits per heavy atom. The van der Waals surface area contributed by atoms with Gasteiger partial charge in [-0.2, -0.15) is 74.6 Å². The number of hydrogen-bond acceptors (Lipinski definition) is 5. The van der Waals surface area contributed by atoms with Gasteiger partial charge in [-0.15, -0.1) is 0 Å². The molecule has 0 saturated heterocycles. The molecule has 0 saturated carbocycles. The molecule has 0 spiro atoms. The zero-order chi connectivity index (χ0) is 28.8. The standard InChI is InChI=1S/C14H4F17NO4/c15-7(10(19,20)21,6(33)34-5-3-1-2-4-32-5)35-14(30,31)9(18,12(25,26)27)36-13(28,29)8(16,17)11(22,23)24/h1-4H/t7-,9-/m1/s1. The highest BCUT2D eigenvalue weighted by molar-refractivity contribution is 5.80. The van der Waals surface area contributed by atoms with Gasteiger partial charge in [0.1, 0.15) is 0 Å². The number of aromatic nitrogens is 1. The quantitative estimate of drug-likeness (QED) is 0.288. The van der Waals surface area contributed by atoms with Crippen LogP contribution in [-0.2, 0) is 14.3 Å². The third-order valence-electron chi connectivity index (χ3n) is 3.46. The summed E-state index contributed by atoms with van der Waals surface area (Å²) in [6, 6.07) is 2.15. The van der Waals surface area contributed by atoms with E-state index in [9.17, 15) is 79.4 Å². The summed E-state index contributed by atoms with van der Waals surface area (Å²) in [6.45, 7) is 0. The van der Waals surface area contributed by atoms with Crippen LogP contribution in [0.4, 0.5) is 74.6 Å². The van der Waals surface area contributed by atoms with Gasteiger partial charge in [0.15, 0.2) is 0 Å². The van der Waals surface area contributed by atoms with Crippen LogP contribution in [-0.4, -0.2) is 59.3 Å². The van der Waals surface area contributed by atoms with Crippen molar-refractivity contribution in [3.63, 3.8) is 0 Å². The van der Waals surface area contributed by atoms with E-state index in [4.69, 9.17) is 0 Å². The van der Waals surface area contributed by atoms with Crippen molar-refractivity contribution in [2.24, 2.45) is 0 Å². The smallest absolute Gasteiger partial charge is 0.403 e. The van der Waals surface area contributed by atoms with E-state index in [1.54, 1.807) is 0 Å². The first-order chi connectivity index (χ1) is 15.7. The van der Waals surface area contributed by atoms with Gasteiger partial charge in [0.25, 0.3) is 0 Å². The Kier molecular flexibility index (Phi) is 7.87. The third-order valence-corrected chi connectivity index (χ3v) is 3.46. The molecule has 0 amide bonds. The minimum absolute atomic E-state index is 0.408. The van der Waals surface area contributed by atoms with E-state index >= 15 is 0 Å². The molecule has 0 aliphatic heterocycles. The van der Waals surface area contributed by atoms with Gasteiger partial charge in [-0.05, 0) is 6.07 Å². The van der Waals surface area contributed by atoms with Gasteiger partial charge in [-0.1, -0.05) is 6.07 Å². The Labute approximate surface area is 184 Å². The molecule has 0 N–H and O–H groups in total. The summed E-state index contributed by atoms with van der Waals surface area (Å²) >= 11 is 0. The molecule has 0 fully saturated rings. The Morgan fingerprint density at radius 1 is 0.639 bits per heavy atom. The summed E-state index contributed by atoms with van der Waals surface area (Å²) in [7, 11) is 0. The van der Waals surface area contributed by atoms with E-state index in [0.717, 1.165) is 12.1 Å². The number of alkyl halides is 17. The fourth-order valence-corrected chi connectivity index (χ4v) is 1.71. The van der Waals surface area contributed by atoms with Crippen LogP contribution >= 0.6 is 0 Å². The summed E-state index contributed by atoms with van der Waals surface area (Å²) in [5.41, 5.74) is 0. The summed E-state index contributed by atoms with van der Waals surface area (Å²) in [6.07, 6.45) is -38.2. The van der Waals surface area contributed by atoms with Gasteiger partial charge in [0, 0.05) is 12.3 Å². The number of nitrogens with zero attached hydrogens (tertiary/aromatic N) is 1. The summed E-state index contributed by atoms with van der Waals surface area (Å²) < 4.78 is 228. The molecule has 2 atom stereocenters. The largest absolute Gasteiger partial charge is 0.462 e. The lowest BCUT2D eigenvalue weighted by Gasteiger charge is -2.39. The number of hydrogen-bond donors (Lipinski definition) is 0. The molecule has 0 aliphatic rings. The molecule has 1 aromatic rings. The second-order valence-corrected chi connectivity index (χ2v) is 6.05. The van der Waals surface area contributed by atoms with Gasteiger partial charge in [0.2, 0.25) is 5.88 Å². The van der Waals surface area contributed by atoms with Crippen LogP contribution in [0, 0.1) is 0 Å². The molecular formula is C14H4F17NO4. The molecule has 0 aliphatic carbocycles. The maximum atomic E-state index is 14.2. The molecule has 0 unspecified atom stereocenters. The van der Waals surface area contributed by atoms with Gasteiger partial charge >= 0.3 is 54.3 Å². The highest BCUT2D eigenvalue weighted by Gasteiger charge is 2.85. The van der Waals surface area contributed by atoms with Crippen LogP contribution in [0.5, 0.6) is 5.88 Å². The first kappa shape index (κ1) is 31.4. The topological polar surface area (TPSA) is 57.7 Å². The Balaban J connectivity index is 3.61. The first-order valence-electron chi connectivity index (χ1n) is 7.91. The van der Waals surface area contributed by atoms with Crippen molar-refractivity contribution in [1.82, 2.24) is 4.98 Å². The predicted octanol–water partition coefficient (Wildman–Crippen LogP) is 5.86. The van der Waals surface area contributed by atoms with Crippen molar-refractivity contribution in [2.45, 2.75) is 48.4 Å². The van der Waals surface area contributed by atoms with E-state index in [0.29, 0.717) is 12.3 Å². The number of rotatable bonds is 8. The zero-order valence-electron chi connectivity index (χ0n) is 15.8. The highest BCUT2D eigenvalue weighted by atomic mass is 19.4. The molecular weight excluding hydrogens is 569 g/mol. The molecule has 1 aromatic heterocycles. The number of esters is 1. The van der Waals surface area contributed by atoms with Crippen molar-refractivity contribution in [3.05, 3.63) is 24.4 Å². The SMILES string of the molecule is O=C(Oc1ccccn1)[C@@](F)(OC(F)(F)[C@](F)(OC(F)(F)C(F)(F)C(F)(F)F)C(F)(F)F)C(F)(F)F. The molecule has 1 rings (SSSR count). The molecule has 5 nitrogen and oxygen atoms in total. The molecule has 0 radical (unpaired) electrons. The van der Waals surface area contributed by atoms with Crippen LogP contribution in [0.2, 0.25) is 0 Å². The lowest BCUT2D eigenvalue weighted by Crippen LogP contribution is -2.68. The molecule has 0 aromatic carbocycles. The van der Waals surface area contributed by atoms with Crippen molar-refractivity contribution in [3.8, 4) is 5.88 Å². The second-order valence-electron chi connectivity index (χ2n) is 6.05. The first-order valence-corrected chi connectivity index (χ1v) is 7.91. The van der Waals surface area contributed by atoms with Gasteiger partial charge < -0.3 is 4.74 Å². The lowest BCUT2D eigenvalue weighted by molar-refractivity contribution is -0.548.